The highest BCUT2D eigenvalue weighted by Crippen LogP contribution is 2.22. The van der Waals surface area contributed by atoms with Gasteiger partial charge in [0, 0.05) is 63.8 Å². The van der Waals surface area contributed by atoms with Crippen molar-refractivity contribution in [1.82, 2.24) is 63.4 Å². The molecule has 31 nitrogen and oxygen atoms in total. The van der Waals surface area contributed by atoms with Crippen LogP contribution in [0.3, 0.4) is 0 Å². The number of phenols is 1. The van der Waals surface area contributed by atoms with Gasteiger partial charge in [0.2, 0.25) is 76.8 Å². The van der Waals surface area contributed by atoms with E-state index in [2.05, 4.69) is 63.5 Å². The first-order valence-corrected chi connectivity index (χ1v) is 32.4. The minimum atomic E-state index is -1.91. The van der Waals surface area contributed by atoms with Crippen LogP contribution in [0.4, 0.5) is 0 Å². The molecule has 32 heteroatoms. The van der Waals surface area contributed by atoms with Crippen molar-refractivity contribution in [2.45, 2.75) is 152 Å². The van der Waals surface area contributed by atoms with Gasteiger partial charge in [-0.15, -0.1) is 0 Å². The second-order valence-electron chi connectivity index (χ2n) is 24.5. The Balaban J connectivity index is 1.29. The fourth-order valence-electron chi connectivity index (χ4n) is 10.9. The zero-order chi connectivity index (χ0) is 71.8. The summed E-state index contributed by atoms with van der Waals surface area (Å²) >= 11 is 6.12. The zero-order valence-electron chi connectivity index (χ0n) is 54.8. The van der Waals surface area contributed by atoms with Crippen LogP contribution in [0.2, 0.25) is 5.02 Å². The van der Waals surface area contributed by atoms with Gasteiger partial charge in [0.25, 0.3) is 0 Å². The predicted molar refractivity (Wildman–Crippen MR) is 359 cm³/mol. The molecule has 2 saturated heterocycles. The molecular formula is C66H87ClN16O15. The number of halogens is 1. The van der Waals surface area contributed by atoms with E-state index in [0.29, 0.717) is 28.1 Å². The summed E-state index contributed by atoms with van der Waals surface area (Å²) in [5.41, 5.74) is 17.9. The summed E-state index contributed by atoms with van der Waals surface area (Å²) in [6, 6.07) is 9.75. The number of carbonyl (C=O) groups is 13. The van der Waals surface area contributed by atoms with E-state index < -0.39 is 157 Å². The Morgan fingerprint density at radius 2 is 1.28 bits per heavy atom. The van der Waals surface area contributed by atoms with E-state index in [1.165, 1.54) is 48.2 Å². The maximum absolute atomic E-state index is 15.1. The second kappa shape index (κ2) is 37.2. The molecule has 6 rings (SSSR count). The van der Waals surface area contributed by atoms with Crippen LogP contribution < -0.4 is 75.7 Å². The average Bonchev–Trinajstić information content (AvgIpc) is 1.68. The number of nitrogens with one attached hydrogen (secondary N) is 11. The number of primary amides is 1. The first-order chi connectivity index (χ1) is 46.6. The van der Waals surface area contributed by atoms with Crippen molar-refractivity contribution in [3.63, 3.8) is 0 Å². The normalized spacial score (nSPS) is 18.7. The molecule has 0 aromatic heterocycles. The van der Waals surface area contributed by atoms with Crippen LogP contribution in [0.25, 0.3) is 10.8 Å². The molecule has 528 valence electrons. The van der Waals surface area contributed by atoms with Crippen LogP contribution in [-0.4, -0.2) is 191 Å². The van der Waals surface area contributed by atoms with Gasteiger partial charge in [-0.25, -0.2) is 0 Å². The number of carbonyl (C=O) groups excluding carboxylic acids is 13. The van der Waals surface area contributed by atoms with E-state index in [0.717, 1.165) is 17.7 Å². The molecule has 98 heavy (non-hydrogen) atoms. The van der Waals surface area contributed by atoms with Gasteiger partial charge in [-0.2, -0.15) is 0 Å². The Hall–Kier alpha value is -10.4. The lowest BCUT2D eigenvalue weighted by Crippen LogP contribution is -2.62. The standard InChI is InChI=1S/C66H87ClN16O15/c1-35(2)27-46(57(90)76-45(11-7-24-72-66(69)70)65(98)83-26-8-12-53(83)64(97)74-36(3)56(68)89)77-59(92)49(31-40-13-18-41-9-5-6-10-42(41)28-40)79-58(91)47(30-39-16-21-44(86)22-17-39)80-63(96)52(34-84)82-62(95)51-33-73-54(87)23-25-71-55(88)32-50(75-37(4)85)61(94)78-48(60(93)81-51)29-38-14-19-43(67)20-15-38/h5-6,9-10,13-22,28,35-36,45-53,84,86H,7-8,11-12,23-27,29-34H2,1-4H3,(H2,68,89)(H,71,88)(H,73,87)(H,74,97)(H,75,85)(H,76,90)(H,77,92)(H,78,94)(H,79,91)(H,80,96)(H,81,93)(H,82,95)(H4,69,70,72)/t36-,45+,46+,47+,48-,49-,50-,51-,52+,53+/m1/s1. The number of rotatable bonds is 28. The van der Waals surface area contributed by atoms with E-state index in [-0.39, 0.29) is 88.6 Å². The summed E-state index contributed by atoms with van der Waals surface area (Å²) in [6.07, 6.45) is -0.947. The Morgan fingerprint density at radius 1 is 0.673 bits per heavy atom. The fraction of sp³-hybridized carbons (Fsp3) is 0.455. The highest BCUT2D eigenvalue weighted by Gasteiger charge is 2.40. The number of aliphatic hydroxyl groups excluding tert-OH is 1. The summed E-state index contributed by atoms with van der Waals surface area (Å²) in [7, 11) is 0. The average molecular weight is 1380 g/mol. The third-order valence-corrected chi connectivity index (χ3v) is 16.4. The maximum Gasteiger partial charge on any atom is 0.245 e. The smallest absolute Gasteiger partial charge is 0.245 e. The van der Waals surface area contributed by atoms with E-state index in [4.69, 9.17) is 28.8 Å². The number of nitrogens with zero attached hydrogens (tertiary/aromatic N) is 2. The Labute approximate surface area is 570 Å². The zero-order valence-corrected chi connectivity index (χ0v) is 55.6. The van der Waals surface area contributed by atoms with E-state index in [1.807, 2.05) is 24.3 Å². The number of aromatic hydroxyl groups is 1. The fourth-order valence-corrected chi connectivity index (χ4v) is 11.1. The predicted octanol–water partition coefficient (Wildman–Crippen LogP) is -2.78. The SMILES string of the molecule is CC(=O)N[C@@H]1CC(=O)NCCC(=O)NC[C@H](C(=O)N[C@@H](CO)C(=O)N[C@@H](Cc2ccc(O)cc2)C(=O)N[C@H](Cc2ccc3ccccc3c2)C(=O)N[C@@H](CC(C)C)C(=O)N[C@@H](CCCN=C(N)N)C(=O)N2CCC[C@H]2C(=O)N[C@H](C)C(N)=O)NC(=O)[C@@H](Cc2ccc(Cl)cc2)NC1=O. The van der Waals surface area contributed by atoms with E-state index >= 15 is 9.59 Å². The highest BCUT2D eigenvalue weighted by molar-refractivity contribution is 6.30. The number of guanidine groups is 1. The molecule has 2 heterocycles. The first-order valence-electron chi connectivity index (χ1n) is 32.1. The van der Waals surface area contributed by atoms with Crippen LogP contribution in [-0.2, 0) is 81.6 Å². The summed E-state index contributed by atoms with van der Waals surface area (Å²) < 4.78 is 0. The number of hydrogen-bond donors (Lipinski definition) is 16. The lowest BCUT2D eigenvalue weighted by molar-refractivity contribution is -0.142. The third-order valence-electron chi connectivity index (χ3n) is 16.1. The lowest BCUT2D eigenvalue weighted by Gasteiger charge is -2.31. The molecule has 2 aliphatic heterocycles. The van der Waals surface area contributed by atoms with Crippen molar-refractivity contribution >= 4 is 105 Å². The Morgan fingerprint density at radius 3 is 1.91 bits per heavy atom. The van der Waals surface area contributed by atoms with Crippen molar-refractivity contribution in [3.8, 4) is 5.75 Å². The number of benzene rings is 4. The van der Waals surface area contributed by atoms with Crippen molar-refractivity contribution in [1.29, 1.82) is 0 Å². The Bertz CT molecular complexity index is 3570. The van der Waals surface area contributed by atoms with Crippen LogP contribution in [0, 0.1) is 5.92 Å². The Kier molecular flexibility index (Phi) is 29.1. The van der Waals surface area contributed by atoms with Crippen LogP contribution in [0.5, 0.6) is 5.75 Å². The topological polar surface area (TPSA) is 488 Å². The van der Waals surface area contributed by atoms with Crippen molar-refractivity contribution < 1.29 is 72.5 Å². The highest BCUT2D eigenvalue weighted by atomic mass is 35.5. The van der Waals surface area contributed by atoms with Crippen molar-refractivity contribution in [2.75, 3.05) is 32.8 Å². The number of nitrogens with two attached hydrogens (primary N) is 3. The van der Waals surface area contributed by atoms with Gasteiger partial charge in [-0.1, -0.05) is 92.2 Å². The molecule has 2 fully saturated rings. The molecular weight excluding hydrogens is 1290 g/mol. The molecule has 0 spiro atoms. The summed E-state index contributed by atoms with van der Waals surface area (Å²) in [6.45, 7) is 4.23. The number of aliphatic hydroxyl groups is 1. The lowest BCUT2D eigenvalue weighted by atomic mass is 9.98. The van der Waals surface area contributed by atoms with Crippen LogP contribution in [0.15, 0.2) is 96.0 Å². The van der Waals surface area contributed by atoms with Crippen LogP contribution >= 0.6 is 11.6 Å². The van der Waals surface area contributed by atoms with Gasteiger partial charge >= 0.3 is 0 Å². The largest absolute Gasteiger partial charge is 0.508 e. The maximum atomic E-state index is 15.1. The summed E-state index contributed by atoms with van der Waals surface area (Å²) in [5.74, 6) is -11.8. The van der Waals surface area contributed by atoms with Gasteiger partial charge in [0.15, 0.2) is 5.96 Å². The molecule has 0 unspecified atom stereocenters. The monoisotopic (exact) mass is 1380 g/mol. The number of aliphatic imine (C=N–C) groups is 1. The number of amides is 13. The molecule has 0 saturated carbocycles. The van der Waals surface area contributed by atoms with Crippen LogP contribution in [0.1, 0.15) is 89.3 Å². The van der Waals surface area contributed by atoms with Gasteiger partial charge in [-0.05, 0) is 96.7 Å². The molecule has 4 aromatic rings. The van der Waals surface area contributed by atoms with Gasteiger partial charge in [0.05, 0.1) is 13.0 Å². The number of phenolic OH excluding ortho intramolecular Hbond substituents is 1. The molecule has 2 aliphatic rings. The van der Waals surface area contributed by atoms with E-state index in [9.17, 15) is 63.0 Å². The minimum Gasteiger partial charge on any atom is -0.508 e. The number of hydrogen-bond acceptors (Lipinski definition) is 16. The van der Waals surface area contributed by atoms with Crippen molar-refractivity contribution in [2.24, 2.45) is 28.1 Å². The summed E-state index contributed by atoms with van der Waals surface area (Å²) in [4.78, 5) is 185. The molecule has 0 bridgehead atoms. The summed E-state index contributed by atoms with van der Waals surface area (Å²) in [5, 5.41) is 51.1. The minimum absolute atomic E-state index is 0.00582. The van der Waals surface area contributed by atoms with Gasteiger partial charge < -0.3 is 90.8 Å². The molecule has 4 aromatic carbocycles. The van der Waals surface area contributed by atoms with Crippen molar-refractivity contribution in [3.05, 3.63) is 113 Å². The third kappa shape index (κ3) is 24.0. The molecule has 10 atom stereocenters. The molecule has 19 N–H and O–H groups in total. The van der Waals surface area contributed by atoms with Gasteiger partial charge in [0.1, 0.15) is 66.2 Å². The molecule has 0 radical (unpaired) electrons. The van der Waals surface area contributed by atoms with E-state index in [1.54, 1.807) is 44.2 Å². The number of fused-ring (bicyclic) bond motifs is 1. The number of likely N-dealkylation sites (tertiary alicyclic amines) is 1. The molecule has 0 aliphatic carbocycles. The van der Waals surface area contributed by atoms with Gasteiger partial charge in [-0.3, -0.25) is 67.3 Å². The second-order valence-corrected chi connectivity index (χ2v) is 24.9. The quantitative estimate of drug-likeness (QED) is 0.0155. The first kappa shape index (κ1) is 76.6. The molecule has 13 amide bonds.